The SMILES string of the molecule is Cc1noc(C)c1C(=O)N1CCC(CCc2noc(-c3cccnc3)n2)C1. The number of carbonyl (C=O) groups excluding carboxylic acids is 1. The molecule has 0 aliphatic carbocycles. The summed E-state index contributed by atoms with van der Waals surface area (Å²) in [6.07, 6.45) is 6.02. The van der Waals surface area contributed by atoms with Crippen LogP contribution >= 0.6 is 0 Å². The maximum atomic E-state index is 12.7. The number of aromatic nitrogens is 4. The summed E-state index contributed by atoms with van der Waals surface area (Å²) in [6.45, 7) is 5.06. The van der Waals surface area contributed by atoms with E-state index in [0.29, 0.717) is 34.7 Å². The average Bonchev–Trinajstić information content (AvgIpc) is 3.41. The van der Waals surface area contributed by atoms with Gasteiger partial charge in [0.1, 0.15) is 11.3 Å². The van der Waals surface area contributed by atoms with Crippen LogP contribution in [0.25, 0.3) is 11.5 Å². The van der Waals surface area contributed by atoms with Gasteiger partial charge in [-0.3, -0.25) is 9.78 Å². The van der Waals surface area contributed by atoms with Crippen molar-refractivity contribution < 1.29 is 13.8 Å². The van der Waals surface area contributed by atoms with Gasteiger partial charge in [0.25, 0.3) is 11.8 Å². The van der Waals surface area contributed by atoms with Crippen LogP contribution in [0.15, 0.2) is 33.6 Å². The molecule has 1 aliphatic rings. The maximum Gasteiger partial charge on any atom is 0.259 e. The van der Waals surface area contributed by atoms with E-state index in [1.165, 1.54) is 0 Å². The van der Waals surface area contributed by atoms with Crippen molar-refractivity contribution in [3.63, 3.8) is 0 Å². The molecule has 0 spiro atoms. The molecule has 0 N–H and O–H groups in total. The monoisotopic (exact) mass is 367 g/mol. The largest absolute Gasteiger partial charge is 0.361 e. The summed E-state index contributed by atoms with van der Waals surface area (Å²) < 4.78 is 10.4. The summed E-state index contributed by atoms with van der Waals surface area (Å²) in [6, 6.07) is 3.72. The van der Waals surface area contributed by atoms with Crippen molar-refractivity contribution in [2.45, 2.75) is 33.1 Å². The van der Waals surface area contributed by atoms with E-state index in [4.69, 9.17) is 9.05 Å². The first-order valence-electron chi connectivity index (χ1n) is 9.07. The number of pyridine rings is 1. The summed E-state index contributed by atoms with van der Waals surface area (Å²) in [7, 11) is 0. The van der Waals surface area contributed by atoms with E-state index in [-0.39, 0.29) is 5.91 Å². The lowest BCUT2D eigenvalue weighted by atomic mass is 10.0. The Bertz CT molecular complexity index is 914. The molecule has 0 radical (unpaired) electrons. The Kier molecular flexibility index (Phi) is 4.70. The lowest BCUT2D eigenvalue weighted by Gasteiger charge is -2.16. The number of hydrogen-bond acceptors (Lipinski definition) is 7. The highest BCUT2D eigenvalue weighted by Gasteiger charge is 2.30. The molecule has 3 aromatic rings. The molecule has 27 heavy (non-hydrogen) atoms. The van der Waals surface area contributed by atoms with Crippen LogP contribution in [0.2, 0.25) is 0 Å². The van der Waals surface area contributed by atoms with Gasteiger partial charge in [0.05, 0.1) is 11.3 Å². The second kappa shape index (κ2) is 7.30. The number of likely N-dealkylation sites (tertiary alicyclic amines) is 1. The standard InChI is InChI=1S/C19H21N5O3/c1-12-17(13(2)26-22-12)19(25)24-9-7-14(11-24)5-6-16-21-18(27-23-16)15-4-3-8-20-10-15/h3-4,8,10,14H,5-7,9,11H2,1-2H3. The van der Waals surface area contributed by atoms with Gasteiger partial charge in [-0.05, 0) is 44.7 Å². The smallest absolute Gasteiger partial charge is 0.259 e. The number of nitrogens with zero attached hydrogens (tertiary/aromatic N) is 5. The Labute approximate surface area is 156 Å². The molecule has 0 saturated carbocycles. The van der Waals surface area contributed by atoms with Crippen molar-refractivity contribution in [1.82, 2.24) is 25.2 Å². The fourth-order valence-electron chi connectivity index (χ4n) is 3.49. The number of amides is 1. The van der Waals surface area contributed by atoms with Crippen LogP contribution < -0.4 is 0 Å². The molecular weight excluding hydrogens is 346 g/mol. The molecule has 8 heteroatoms. The van der Waals surface area contributed by atoms with Gasteiger partial charge in [-0.1, -0.05) is 10.3 Å². The molecule has 1 unspecified atom stereocenters. The minimum Gasteiger partial charge on any atom is -0.361 e. The normalized spacial score (nSPS) is 16.8. The zero-order valence-electron chi connectivity index (χ0n) is 15.4. The second-order valence-electron chi connectivity index (χ2n) is 6.90. The molecule has 3 aromatic heterocycles. The third-order valence-corrected chi connectivity index (χ3v) is 4.97. The molecule has 0 aromatic carbocycles. The predicted molar refractivity (Wildman–Crippen MR) is 95.8 cm³/mol. The van der Waals surface area contributed by atoms with Crippen LogP contribution in [0, 0.1) is 19.8 Å². The van der Waals surface area contributed by atoms with Crippen molar-refractivity contribution in [2.75, 3.05) is 13.1 Å². The fraction of sp³-hybridized carbons (Fsp3) is 0.421. The Morgan fingerprint density at radius 1 is 1.30 bits per heavy atom. The van der Waals surface area contributed by atoms with E-state index in [2.05, 4.69) is 20.3 Å². The third-order valence-electron chi connectivity index (χ3n) is 4.97. The quantitative estimate of drug-likeness (QED) is 0.684. The van der Waals surface area contributed by atoms with E-state index in [0.717, 1.165) is 37.9 Å². The lowest BCUT2D eigenvalue weighted by molar-refractivity contribution is 0.0784. The Hall–Kier alpha value is -3.03. The van der Waals surface area contributed by atoms with Crippen molar-refractivity contribution >= 4 is 5.91 Å². The van der Waals surface area contributed by atoms with Crippen molar-refractivity contribution in [1.29, 1.82) is 0 Å². The van der Waals surface area contributed by atoms with Crippen LogP contribution in [0.5, 0.6) is 0 Å². The average molecular weight is 367 g/mol. The van der Waals surface area contributed by atoms with Gasteiger partial charge in [-0.2, -0.15) is 4.98 Å². The Morgan fingerprint density at radius 2 is 2.19 bits per heavy atom. The van der Waals surface area contributed by atoms with Gasteiger partial charge in [0, 0.05) is 31.9 Å². The van der Waals surface area contributed by atoms with Crippen LogP contribution in [0.1, 0.15) is 40.5 Å². The van der Waals surface area contributed by atoms with E-state index < -0.39 is 0 Å². The first-order chi connectivity index (χ1) is 13.1. The summed E-state index contributed by atoms with van der Waals surface area (Å²) in [4.78, 5) is 23.1. The molecule has 1 aliphatic heterocycles. The molecule has 4 rings (SSSR count). The zero-order chi connectivity index (χ0) is 18.8. The van der Waals surface area contributed by atoms with E-state index in [9.17, 15) is 4.79 Å². The van der Waals surface area contributed by atoms with Crippen molar-refractivity contribution in [2.24, 2.45) is 5.92 Å². The molecule has 1 amide bonds. The lowest BCUT2D eigenvalue weighted by Crippen LogP contribution is -2.29. The molecule has 1 saturated heterocycles. The molecule has 4 heterocycles. The van der Waals surface area contributed by atoms with Crippen LogP contribution in [-0.4, -0.2) is 44.2 Å². The van der Waals surface area contributed by atoms with E-state index >= 15 is 0 Å². The third kappa shape index (κ3) is 3.60. The number of aryl methyl sites for hydroxylation is 3. The first kappa shape index (κ1) is 17.4. The Morgan fingerprint density at radius 3 is 2.93 bits per heavy atom. The molecule has 0 bridgehead atoms. The van der Waals surface area contributed by atoms with Gasteiger partial charge in [-0.25, -0.2) is 0 Å². The van der Waals surface area contributed by atoms with Gasteiger partial charge >= 0.3 is 0 Å². The van der Waals surface area contributed by atoms with Gasteiger partial charge in [0.2, 0.25) is 0 Å². The van der Waals surface area contributed by atoms with Crippen LogP contribution in [0.4, 0.5) is 0 Å². The fourth-order valence-corrected chi connectivity index (χ4v) is 3.49. The Balaban J connectivity index is 1.33. The first-order valence-corrected chi connectivity index (χ1v) is 9.07. The van der Waals surface area contributed by atoms with Crippen LogP contribution in [-0.2, 0) is 6.42 Å². The topological polar surface area (TPSA) is 98.2 Å². The highest BCUT2D eigenvalue weighted by Crippen LogP contribution is 2.25. The van der Waals surface area contributed by atoms with Crippen LogP contribution in [0.3, 0.4) is 0 Å². The molecular formula is C19H21N5O3. The number of carbonyl (C=O) groups is 1. The maximum absolute atomic E-state index is 12.7. The highest BCUT2D eigenvalue weighted by atomic mass is 16.5. The van der Waals surface area contributed by atoms with Crippen molar-refractivity contribution in [3.8, 4) is 11.5 Å². The highest BCUT2D eigenvalue weighted by molar-refractivity contribution is 5.96. The zero-order valence-corrected chi connectivity index (χ0v) is 15.4. The molecule has 1 atom stereocenters. The minimum atomic E-state index is 0.00664. The molecule has 8 nitrogen and oxygen atoms in total. The van der Waals surface area contributed by atoms with E-state index in [1.807, 2.05) is 17.0 Å². The second-order valence-corrected chi connectivity index (χ2v) is 6.90. The summed E-state index contributed by atoms with van der Waals surface area (Å²) in [5, 5.41) is 7.93. The molecule has 1 fully saturated rings. The summed E-state index contributed by atoms with van der Waals surface area (Å²) >= 11 is 0. The minimum absolute atomic E-state index is 0.00664. The number of rotatable bonds is 5. The summed E-state index contributed by atoms with van der Waals surface area (Å²) in [5.41, 5.74) is 2.05. The molecule has 140 valence electrons. The van der Waals surface area contributed by atoms with Crippen molar-refractivity contribution in [3.05, 3.63) is 47.4 Å². The summed E-state index contributed by atoms with van der Waals surface area (Å²) in [5.74, 6) is 2.18. The van der Waals surface area contributed by atoms with Gasteiger partial charge in [0.15, 0.2) is 5.82 Å². The number of hydrogen-bond donors (Lipinski definition) is 0. The van der Waals surface area contributed by atoms with Gasteiger partial charge < -0.3 is 13.9 Å². The van der Waals surface area contributed by atoms with Gasteiger partial charge in [-0.15, -0.1) is 0 Å². The predicted octanol–water partition coefficient (Wildman–Crippen LogP) is 2.83. The van der Waals surface area contributed by atoms with E-state index in [1.54, 1.807) is 26.2 Å².